The number of carbonyl (C=O) groups is 1. The third kappa shape index (κ3) is 5.40. The topological polar surface area (TPSA) is 26.3 Å². The zero-order chi connectivity index (χ0) is 17.7. The summed E-state index contributed by atoms with van der Waals surface area (Å²) in [6, 6.07) is 15.3. The second-order valence-electron chi connectivity index (χ2n) is 6.40. The number of ether oxygens (including phenoxy) is 1. The van der Waals surface area contributed by atoms with Gasteiger partial charge < -0.3 is 4.74 Å². The first-order valence-corrected chi connectivity index (χ1v) is 8.45. The fourth-order valence-electron chi connectivity index (χ4n) is 2.25. The maximum atomic E-state index is 12.0. The van der Waals surface area contributed by atoms with E-state index in [9.17, 15) is 4.79 Å². The number of benzene rings is 2. The first-order chi connectivity index (χ1) is 11.3. The van der Waals surface area contributed by atoms with Crippen molar-refractivity contribution in [2.75, 3.05) is 0 Å². The molecule has 2 rings (SSSR count). The highest BCUT2D eigenvalue weighted by Crippen LogP contribution is 2.30. The van der Waals surface area contributed by atoms with E-state index in [4.69, 9.17) is 27.9 Å². The molecule has 0 unspecified atom stereocenters. The molecule has 0 amide bonds. The molecule has 2 nitrogen and oxygen atoms in total. The van der Waals surface area contributed by atoms with Crippen molar-refractivity contribution in [1.82, 2.24) is 0 Å². The summed E-state index contributed by atoms with van der Waals surface area (Å²) < 4.78 is 5.37. The standard InChI is InChI=1S/C20H20Cl2O2/c1-20(2,3)24-19(23)12-10-16(14-7-5-4-6-8-14)15-9-11-17(21)18(22)13-15/h4-11,13H,12H2,1-3H3/b16-10+. The molecule has 0 heterocycles. The van der Waals surface area contributed by atoms with Crippen LogP contribution in [0.25, 0.3) is 5.57 Å². The monoisotopic (exact) mass is 362 g/mol. The Morgan fingerprint density at radius 2 is 1.67 bits per heavy atom. The van der Waals surface area contributed by atoms with Gasteiger partial charge in [-0.3, -0.25) is 4.79 Å². The highest BCUT2D eigenvalue weighted by molar-refractivity contribution is 6.42. The van der Waals surface area contributed by atoms with E-state index < -0.39 is 5.60 Å². The smallest absolute Gasteiger partial charge is 0.310 e. The van der Waals surface area contributed by atoms with Crippen LogP contribution in [0.1, 0.15) is 38.3 Å². The molecule has 2 aromatic carbocycles. The molecule has 0 radical (unpaired) electrons. The van der Waals surface area contributed by atoms with Crippen molar-refractivity contribution in [3.8, 4) is 0 Å². The lowest BCUT2D eigenvalue weighted by molar-refractivity contribution is -0.153. The van der Waals surface area contributed by atoms with Gasteiger partial charge in [-0.05, 0) is 49.6 Å². The summed E-state index contributed by atoms with van der Waals surface area (Å²) in [5.41, 5.74) is 2.32. The first kappa shape index (κ1) is 18.6. The maximum absolute atomic E-state index is 12.0. The van der Waals surface area contributed by atoms with Gasteiger partial charge in [-0.2, -0.15) is 0 Å². The molecule has 126 valence electrons. The van der Waals surface area contributed by atoms with Crippen molar-refractivity contribution in [1.29, 1.82) is 0 Å². The van der Waals surface area contributed by atoms with Gasteiger partial charge >= 0.3 is 5.97 Å². The van der Waals surface area contributed by atoms with Crippen LogP contribution in [0.5, 0.6) is 0 Å². The molecule has 0 aliphatic rings. The van der Waals surface area contributed by atoms with Gasteiger partial charge in [0.25, 0.3) is 0 Å². The van der Waals surface area contributed by atoms with Gasteiger partial charge in [0.05, 0.1) is 16.5 Å². The van der Waals surface area contributed by atoms with Crippen molar-refractivity contribution in [3.63, 3.8) is 0 Å². The quantitative estimate of drug-likeness (QED) is 0.609. The van der Waals surface area contributed by atoms with Crippen LogP contribution >= 0.6 is 23.2 Å². The minimum atomic E-state index is -0.499. The van der Waals surface area contributed by atoms with E-state index in [1.807, 2.05) is 63.2 Å². The average Bonchev–Trinajstić information content (AvgIpc) is 2.50. The van der Waals surface area contributed by atoms with E-state index in [2.05, 4.69) is 0 Å². The molecular weight excluding hydrogens is 343 g/mol. The zero-order valence-electron chi connectivity index (χ0n) is 14.0. The predicted octanol–water partition coefficient (Wildman–Crippen LogP) is 6.16. The lowest BCUT2D eigenvalue weighted by Gasteiger charge is -2.19. The molecule has 0 saturated carbocycles. The molecule has 0 saturated heterocycles. The van der Waals surface area contributed by atoms with Gasteiger partial charge in [0, 0.05) is 0 Å². The van der Waals surface area contributed by atoms with Gasteiger partial charge in [0.15, 0.2) is 0 Å². The molecule has 2 aromatic rings. The highest BCUT2D eigenvalue weighted by atomic mass is 35.5. The van der Waals surface area contributed by atoms with E-state index in [0.717, 1.165) is 16.7 Å². The Kier molecular flexibility index (Phi) is 6.09. The lowest BCUT2D eigenvalue weighted by Crippen LogP contribution is -2.23. The maximum Gasteiger partial charge on any atom is 0.310 e. The molecular formula is C20H20Cl2O2. The summed E-state index contributed by atoms with van der Waals surface area (Å²) in [5, 5.41) is 0.980. The van der Waals surface area contributed by atoms with E-state index in [-0.39, 0.29) is 12.4 Å². The number of halogens is 2. The Bertz CT molecular complexity index is 744. The fourth-order valence-corrected chi connectivity index (χ4v) is 2.55. The summed E-state index contributed by atoms with van der Waals surface area (Å²) in [7, 11) is 0. The number of esters is 1. The second kappa shape index (κ2) is 7.87. The normalized spacial score (nSPS) is 12.1. The van der Waals surface area contributed by atoms with E-state index in [0.29, 0.717) is 10.0 Å². The molecule has 4 heteroatoms. The second-order valence-corrected chi connectivity index (χ2v) is 7.22. The van der Waals surface area contributed by atoms with Gasteiger partial charge in [-0.15, -0.1) is 0 Å². The van der Waals surface area contributed by atoms with Crippen LogP contribution in [0.2, 0.25) is 10.0 Å². The third-order valence-corrected chi connectivity index (χ3v) is 3.95. The highest BCUT2D eigenvalue weighted by Gasteiger charge is 2.16. The van der Waals surface area contributed by atoms with Crippen LogP contribution in [0.3, 0.4) is 0 Å². The van der Waals surface area contributed by atoms with Crippen LogP contribution in [-0.2, 0) is 9.53 Å². The molecule has 0 bridgehead atoms. The van der Waals surface area contributed by atoms with Crippen molar-refractivity contribution < 1.29 is 9.53 Å². The minimum Gasteiger partial charge on any atom is -0.460 e. The van der Waals surface area contributed by atoms with Crippen LogP contribution in [0, 0.1) is 0 Å². The molecule has 0 N–H and O–H groups in total. The Morgan fingerprint density at radius 3 is 2.25 bits per heavy atom. The van der Waals surface area contributed by atoms with Crippen LogP contribution in [-0.4, -0.2) is 11.6 Å². The summed E-state index contributed by atoms with van der Waals surface area (Å²) in [5.74, 6) is -0.268. The van der Waals surface area contributed by atoms with Crippen molar-refractivity contribution >= 4 is 34.7 Å². The van der Waals surface area contributed by atoms with Gasteiger partial charge in [0.1, 0.15) is 5.60 Å². The third-order valence-electron chi connectivity index (χ3n) is 3.21. The molecule has 0 aliphatic heterocycles. The number of rotatable bonds is 4. The van der Waals surface area contributed by atoms with Gasteiger partial charge in [-0.25, -0.2) is 0 Å². The number of hydrogen-bond acceptors (Lipinski definition) is 2. The van der Waals surface area contributed by atoms with Gasteiger partial charge in [-0.1, -0.05) is 65.7 Å². The number of carbonyl (C=O) groups excluding carboxylic acids is 1. The fraction of sp³-hybridized carbons (Fsp3) is 0.250. The van der Waals surface area contributed by atoms with Crippen molar-refractivity contribution in [3.05, 3.63) is 75.8 Å². The largest absolute Gasteiger partial charge is 0.460 e. The molecule has 0 aromatic heterocycles. The minimum absolute atomic E-state index is 0.182. The average molecular weight is 363 g/mol. The Morgan fingerprint density at radius 1 is 1.00 bits per heavy atom. The van der Waals surface area contributed by atoms with Crippen LogP contribution in [0.15, 0.2) is 54.6 Å². The van der Waals surface area contributed by atoms with Crippen LogP contribution < -0.4 is 0 Å². The van der Waals surface area contributed by atoms with Crippen LogP contribution in [0.4, 0.5) is 0 Å². The number of hydrogen-bond donors (Lipinski definition) is 0. The Labute approximate surface area is 153 Å². The van der Waals surface area contributed by atoms with E-state index in [1.54, 1.807) is 12.1 Å². The molecule has 24 heavy (non-hydrogen) atoms. The van der Waals surface area contributed by atoms with Gasteiger partial charge in [0.2, 0.25) is 0 Å². The predicted molar refractivity (Wildman–Crippen MR) is 100 cm³/mol. The molecule has 0 atom stereocenters. The zero-order valence-corrected chi connectivity index (χ0v) is 15.5. The SMILES string of the molecule is CC(C)(C)OC(=O)C/C=C(\c1ccccc1)c1ccc(Cl)c(Cl)c1. The van der Waals surface area contributed by atoms with Crippen molar-refractivity contribution in [2.45, 2.75) is 32.8 Å². The van der Waals surface area contributed by atoms with E-state index in [1.165, 1.54) is 0 Å². The summed E-state index contributed by atoms with van der Waals surface area (Å²) in [6.45, 7) is 5.56. The lowest BCUT2D eigenvalue weighted by atomic mass is 9.97. The van der Waals surface area contributed by atoms with Crippen molar-refractivity contribution in [2.24, 2.45) is 0 Å². The first-order valence-electron chi connectivity index (χ1n) is 7.69. The molecule has 0 fully saturated rings. The molecule has 0 aliphatic carbocycles. The summed E-state index contributed by atoms with van der Waals surface area (Å²) in [4.78, 5) is 12.0. The molecule has 0 spiro atoms. The Hall–Kier alpha value is -1.77. The van der Waals surface area contributed by atoms with E-state index >= 15 is 0 Å². The summed E-state index contributed by atoms with van der Waals surface area (Å²) in [6.07, 6.45) is 2.05. The Balaban J connectivity index is 2.35. The summed E-state index contributed by atoms with van der Waals surface area (Å²) >= 11 is 12.2.